The summed E-state index contributed by atoms with van der Waals surface area (Å²) in [5.74, 6) is 0.699. The Bertz CT molecular complexity index is 528. The molecule has 2 rings (SSSR count). The van der Waals surface area contributed by atoms with E-state index < -0.39 is 0 Å². The lowest BCUT2D eigenvalue weighted by Gasteiger charge is -2.18. The van der Waals surface area contributed by atoms with Gasteiger partial charge in [-0.1, -0.05) is 19.9 Å². The average Bonchev–Trinajstić information content (AvgIpc) is 2.86. The number of methoxy groups -OCH3 is 1. The second-order valence-corrected chi connectivity index (χ2v) is 6.02. The van der Waals surface area contributed by atoms with Crippen LogP contribution in [0.4, 0.5) is 0 Å². The normalized spacial score (nSPS) is 17.9. The Morgan fingerprint density at radius 3 is 2.86 bits per heavy atom. The van der Waals surface area contributed by atoms with Crippen LogP contribution in [0.25, 0.3) is 0 Å². The van der Waals surface area contributed by atoms with Gasteiger partial charge in [-0.05, 0) is 11.5 Å². The third-order valence-electron chi connectivity index (χ3n) is 3.64. The molecule has 0 spiro atoms. The highest BCUT2D eigenvalue weighted by atomic mass is 16.5. The predicted octanol–water partition coefficient (Wildman–Crippen LogP) is 1.21. The maximum atomic E-state index is 12.2. The molecule has 1 N–H and O–H groups in total. The topological polar surface area (TPSA) is 71.5 Å². The van der Waals surface area contributed by atoms with E-state index in [4.69, 9.17) is 4.74 Å². The van der Waals surface area contributed by atoms with Gasteiger partial charge in [-0.15, -0.1) is 0 Å². The van der Waals surface area contributed by atoms with E-state index in [0.29, 0.717) is 37.9 Å². The average molecular weight is 305 g/mol. The third-order valence-corrected chi connectivity index (χ3v) is 3.64. The second-order valence-electron chi connectivity index (χ2n) is 6.02. The second kappa shape index (κ2) is 7.24. The van der Waals surface area contributed by atoms with E-state index in [2.05, 4.69) is 24.1 Å². The fraction of sp³-hybridized carbons (Fsp3) is 0.562. The predicted molar refractivity (Wildman–Crippen MR) is 82.2 cm³/mol. The number of nitrogens with one attached hydrogen (secondary N) is 1. The number of carbonyl (C=O) groups excluding carboxylic acids is 2. The van der Waals surface area contributed by atoms with E-state index in [-0.39, 0.29) is 17.7 Å². The summed E-state index contributed by atoms with van der Waals surface area (Å²) in [6.45, 7) is 5.77. The van der Waals surface area contributed by atoms with E-state index in [9.17, 15) is 9.59 Å². The Labute approximate surface area is 130 Å². The molecule has 0 bridgehead atoms. The Morgan fingerprint density at radius 2 is 2.27 bits per heavy atom. The van der Waals surface area contributed by atoms with Crippen molar-refractivity contribution in [1.82, 2.24) is 15.2 Å². The largest absolute Gasteiger partial charge is 0.481 e. The molecule has 1 saturated heterocycles. The fourth-order valence-corrected chi connectivity index (χ4v) is 2.53. The number of nitrogens with zero attached hydrogens (tertiary/aromatic N) is 2. The smallest absolute Gasteiger partial charge is 0.225 e. The summed E-state index contributed by atoms with van der Waals surface area (Å²) in [4.78, 5) is 30.0. The highest BCUT2D eigenvalue weighted by molar-refractivity contribution is 5.89. The molecular weight excluding hydrogens is 282 g/mol. The number of hydrogen-bond acceptors (Lipinski definition) is 4. The number of carbonyl (C=O) groups is 2. The van der Waals surface area contributed by atoms with E-state index in [1.165, 1.54) is 0 Å². The van der Waals surface area contributed by atoms with Gasteiger partial charge in [-0.3, -0.25) is 9.59 Å². The first-order valence-electron chi connectivity index (χ1n) is 7.54. The molecular formula is C16H23N3O3. The van der Waals surface area contributed by atoms with Crippen molar-refractivity contribution in [3.05, 3.63) is 23.9 Å². The molecule has 1 fully saturated rings. The summed E-state index contributed by atoms with van der Waals surface area (Å²) in [7, 11) is 1.56. The van der Waals surface area contributed by atoms with Gasteiger partial charge in [0, 0.05) is 38.3 Å². The van der Waals surface area contributed by atoms with Gasteiger partial charge in [-0.25, -0.2) is 4.98 Å². The van der Waals surface area contributed by atoms with Crippen molar-refractivity contribution in [2.24, 2.45) is 11.8 Å². The van der Waals surface area contributed by atoms with Gasteiger partial charge in [0.1, 0.15) is 0 Å². The molecule has 6 nitrogen and oxygen atoms in total. The van der Waals surface area contributed by atoms with Crippen molar-refractivity contribution in [2.75, 3.05) is 20.2 Å². The number of pyridine rings is 1. The van der Waals surface area contributed by atoms with Crippen molar-refractivity contribution in [3.63, 3.8) is 0 Å². The molecule has 1 aromatic rings. The van der Waals surface area contributed by atoms with Gasteiger partial charge in [-0.2, -0.15) is 0 Å². The van der Waals surface area contributed by atoms with Crippen molar-refractivity contribution >= 4 is 11.8 Å². The van der Waals surface area contributed by atoms with E-state index in [0.717, 1.165) is 5.56 Å². The summed E-state index contributed by atoms with van der Waals surface area (Å²) >= 11 is 0. The fourth-order valence-electron chi connectivity index (χ4n) is 2.53. The van der Waals surface area contributed by atoms with Crippen LogP contribution in [0.1, 0.15) is 25.8 Å². The maximum Gasteiger partial charge on any atom is 0.225 e. The number of rotatable bonds is 6. The number of hydrogen-bond donors (Lipinski definition) is 1. The summed E-state index contributed by atoms with van der Waals surface area (Å²) in [5.41, 5.74) is 0.900. The van der Waals surface area contributed by atoms with E-state index >= 15 is 0 Å². The van der Waals surface area contributed by atoms with E-state index in [1.54, 1.807) is 24.3 Å². The summed E-state index contributed by atoms with van der Waals surface area (Å²) in [6.07, 6.45) is 1.98. The zero-order chi connectivity index (χ0) is 16.1. The Morgan fingerprint density at radius 1 is 1.50 bits per heavy atom. The quantitative estimate of drug-likeness (QED) is 0.857. The van der Waals surface area contributed by atoms with Gasteiger partial charge in [0.05, 0.1) is 13.0 Å². The molecule has 0 unspecified atom stereocenters. The maximum absolute atomic E-state index is 12.2. The number of ether oxygens (including phenoxy) is 1. The van der Waals surface area contributed by atoms with Crippen LogP contribution in [0.3, 0.4) is 0 Å². The van der Waals surface area contributed by atoms with Crippen LogP contribution in [0, 0.1) is 11.8 Å². The van der Waals surface area contributed by atoms with Crippen LogP contribution < -0.4 is 10.1 Å². The SMILES string of the molecule is COc1ccc(CNC(=O)[C@@H]2CC(=O)N(CC(C)C)C2)cn1. The first-order chi connectivity index (χ1) is 10.5. The molecule has 22 heavy (non-hydrogen) atoms. The minimum Gasteiger partial charge on any atom is -0.481 e. The highest BCUT2D eigenvalue weighted by Crippen LogP contribution is 2.19. The van der Waals surface area contributed by atoms with Gasteiger partial charge in [0.2, 0.25) is 17.7 Å². The van der Waals surface area contributed by atoms with Crippen LogP contribution in [0.15, 0.2) is 18.3 Å². The minimum absolute atomic E-state index is 0.0694. The van der Waals surface area contributed by atoms with Crippen molar-refractivity contribution in [1.29, 1.82) is 0 Å². The number of likely N-dealkylation sites (tertiary alicyclic amines) is 1. The molecule has 1 aliphatic heterocycles. The summed E-state index contributed by atoms with van der Waals surface area (Å²) in [6, 6.07) is 3.61. The first-order valence-corrected chi connectivity index (χ1v) is 7.54. The minimum atomic E-state index is -0.252. The van der Waals surface area contributed by atoms with Crippen LogP contribution in [-0.4, -0.2) is 41.9 Å². The zero-order valence-electron chi connectivity index (χ0n) is 13.3. The molecule has 1 aromatic heterocycles. The lowest BCUT2D eigenvalue weighted by atomic mass is 10.1. The van der Waals surface area contributed by atoms with Crippen molar-refractivity contribution < 1.29 is 14.3 Å². The highest BCUT2D eigenvalue weighted by Gasteiger charge is 2.34. The molecule has 0 radical (unpaired) electrons. The summed E-state index contributed by atoms with van der Waals surface area (Å²) < 4.78 is 4.99. The zero-order valence-corrected chi connectivity index (χ0v) is 13.3. The van der Waals surface area contributed by atoms with Crippen LogP contribution in [0.2, 0.25) is 0 Å². The van der Waals surface area contributed by atoms with Crippen LogP contribution >= 0.6 is 0 Å². The number of aromatic nitrogens is 1. The Kier molecular flexibility index (Phi) is 5.35. The molecule has 1 aliphatic rings. The molecule has 1 atom stereocenters. The van der Waals surface area contributed by atoms with Crippen molar-refractivity contribution in [2.45, 2.75) is 26.8 Å². The molecule has 6 heteroatoms. The molecule has 2 heterocycles. The van der Waals surface area contributed by atoms with Crippen LogP contribution in [0.5, 0.6) is 5.88 Å². The molecule has 0 aliphatic carbocycles. The Hall–Kier alpha value is -2.11. The van der Waals surface area contributed by atoms with Gasteiger partial charge in [0.15, 0.2) is 0 Å². The molecule has 0 saturated carbocycles. The third kappa shape index (κ3) is 4.19. The van der Waals surface area contributed by atoms with Crippen molar-refractivity contribution in [3.8, 4) is 5.88 Å². The monoisotopic (exact) mass is 305 g/mol. The lowest BCUT2D eigenvalue weighted by molar-refractivity contribution is -0.129. The number of amides is 2. The molecule has 120 valence electrons. The van der Waals surface area contributed by atoms with Gasteiger partial charge < -0.3 is 15.0 Å². The summed E-state index contributed by atoms with van der Waals surface area (Å²) in [5, 5.41) is 2.87. The lowest BCUT2D eigenvalue weighted by Crippen LogP contribution is -2.33. The van der Waals surface area contributed by atoms with Gasteiger partial charge in [0.25, 0.3) is 0 Å². The van der Waals surface area contributed by atoms with E-state index in [1.807, 2.05) is 6.07 Å². The molecule has 0 aromatic carbocycles. The first kappa shape index (κ1) is 16.3. The van der Waals surface area contributed by atoms with Crippen LogP contribution in [-0.2, 0) is 16.1 Å². The van der Waals surface area contributed by atoms with Gasteiger partial charge >= 0.3 is 0 Å². The Balaban J connectivity index is 1.83. The standard InChI is InChI=1S/C16H23N3O3/c1-11(2)9-19-10-13(6-15(19)20)16(21)18-8-12-4-5-14(22-3)17-7-12/h4-5,7,11,13H,6,8-10H2,1-3H3,(H,18,21)/t13-/m1/s1. The molecule has 2 amide bonds.